The lowest BCUT2D eigenvalue weighted by Crippen LogP contribution is -2.62. The highest BCUT2D eigenvalue weighted by molar-refractivity contribution is 9.10. The van der Waals surface area contributed by atoms with Gasteiger partial charge in [0.15, 0.2) is 0 Å². The van der Waals surface area contributed by atoms with E-state index < -0.39 is 37.6 Å². The van der Waals surface area contributed by atoms with E-state index in [0.717, 1.165) is 75.4 Å². The standard InChI is InChI=1S/C45H45BrN13O5P/c1-56-22-24(20-51-56)27-18-33(53-45-50-21-30(46)41(55-45)52-32-8-7-31-39(40(32)65(3)4)49-13-12-47-31)36(64-2)19-28(27)34-23-57(16-14-48-34)38-11-15-58(38)25-5-6-26-29(17-25)44(63)59(43(26)62)35-9-10-37(60)54-42(35)61/h5-8,12-13,17-22,34-35,38,48H,9-11,14-16,23H2,1-4H3,(H,54,60,61)(H2,50,52,53,55). The van der Waals surface area contributed by atoms with Crippen molar-refractivity contribution in [2.24, 2.45) is 7.05 Å². The predicted molar refractivity (Wildman–Crippen MR) is 251 cm³/mol. The number of halogens is 1. The number of nitrogens with one attached hydrogen (secondary N) is 4. The number of fused-ring (bicyclic) bond motifs is 2. The van der Waals surface area contributed by atoms with Crippen LogP contribution in [-0.4, -0.2) is 122 Å². The maximum Gasteiger partial charge on any atom is 0.262 e. The van der Waals surface area contributed by atoms with Gasteiger partial charge in [-0.15, -0.1) is 0 Å². The van der Waals surface area contributed by atoms with E-state index in [9.17, 15) is 19.2 Å². The molecule has 4 aliphatic rings. The number of benzene rings is 3. The maximum absolute atomic E-state index is 13.7. The van der Waals surface area contributed by atoms with E-state index in [2.05, 4.69) is 92.5 Å². The molecular weight excluding hydrogens is 913 g/mol. The van der Waals surface area contributed by atoms with Gasteiger partial charge in [-0.2, -0.15) is 10.1 Å². The van der Waals surface area contributed by atoms with Crippen molar-refractivity contribution in [1.29, 1.82) is 0 Å². The molecule has 3 fully saturated rings. The Morgan fingerprint density at radius 1 is 0.892 bits per heavy atom. The van der Waals surface area contributed by atoms with Crippen LogP contribution in [0.4, 0.5) is 28.8 Å². The van der Waals surface area contributed by atoms with Crippen molar-refractivity contribution >= 4 is 92.6 Å². The Hall–Kier alpha value is -6.40. The molecule has 7 heterocycles. The van der Waals surface area contributed by atoms with Gasteiger partial charge < -0.3 is 25.6 Å². The molecule has 3 aromatic heterocycles. The molecule has 18 nitrogen and oxygen atoms in total. The highest BCUT2D eigenvalue weighted by Crippen LogP contribution is 2.41. The van der Waals surface area contributed by atoms with Gasteiger partial charge >= 0.3 is 0 Å². The summed E-state index contributed by atoms with van der Waals surface area (Å²) < 4.78 is 8.53. The van der Waals surface area contributed by atoms with Gasteiger partial charge in [0.2, 0.25) is 17.8 Å². The zero-order valence-corrected chi connectivity index (χ0v) is 38.5. The summed E-state index contributed by atoms with van der Waals surface area (Å²) in [5.74, 6) is -0.510. The molecule has 0 radical (unpaired) electrons. The first-order valence-corrected chi connectivity index (χ1v) is 24.3. The van der Waals surface area contributed by atoms with Crippen molar-refractivity contribution in [3.63, 3.8) is 0 Å². The largest absolute Gasteiger partial charge is 0.495 e. The molecule has 0 spiro atoms. The summed E-state index contributed by atoms with van der Waals surface area (Å²) in [6.45, 7) is 7.37. The fourth-order valence-electron chi connectivity index (χ4n) is 9.24. The summed E-state index contributed by atoms with van der Waals surface area (Å²) in [7, 11) is 2.99. The molecule has 4 aliphatic heterocycles. The molecule has 3 atom stereocenters. The second-order valence-electron chi connectivity index (χ2n) is 16.6. The number of piperazine rings is 1. The first-order valence-electron chi connectivity index (χ1n) is 21.2. The van der Waals surface area contributed by atoms with Crippen molar-refractivity contribution in [3.8, 4) is 16.9 Å². The number of carbonyl (C=O) groups is 4. The van der Waals surface area contributed by atoms with Gasteiger partial charge in [-0.3, -0.25) is 48.9 Å². The number of nitrogens with zero attached hydrogens (tertiary/aromatic N) is 9. The van der Waals surface area contributed by atoms with Crippen LogP contribution in [0, 0.1) is 0 Å². The molecule has 20 heteroatoms. The van der Waals surface area contributed by atoms with Gasteiger partial charge in [-0.25, -0.2) is 4.98 Å². The second-order valence-corrected chi connectivity index (χ2v) is 19.7. The summed E-state index contributed by atoms with van der Waals surface area (Å²) in [6, 6.07) is 12.3. The third-order valence-corrected chi connectivity index (χ3v) is 14.4. The highest BCUT2D eigenvalue weighted by atomic mass is 79.9. The Balaban J connectivity index is 0.905. The summed E-state index contributed by atoms with van der Waals surface area (Å²) >= 11 is 3.65. The average Bonchev–Trinajstić information content (AvgIpc) is 3.83. The molecular formula is C45H45BrN13O5P. The monoisotopic (exact) mass is 957 g/mol. The molecule has 4 N–H and O–H groups in total. The number of ether oxygens (including phenoxy) is 1. The number of aryl methyl sites for hydroxylation is 1. The van der Waals surface area contributed by atoms with Crippen molar-refractivity contribution in [2.75, 3.05) is 62.2 Å². The third kappa shape index (κ3) is 7.85. The topological polar surface area (TPSA) is 205 Å². The number of amides is 4. The van der Waals surface area contributed by atoms with Gasteiger partial charge in [0.1, 0.15) is 17.6 Å². The summed E-state index contributed by atoms with van der Waals surface area (Å²) in [5.41, 5.74) is 7.57. The Kier molecular flexibility index (Phi) is 11.3. The molecule has 65 heavy (non-hydrogen) atoms. The number of aromatic nitrogens is 6. The number of hydrogen-bond acceptors (Lipinski definition) is 15. The molecule has 0 bridgehead atoms. The molecule has 0 aliphatic carbocycles. The van der Waals surface area contributed by atoms with Crippen molar-refractivity contribution in [3.05, 3.63) is 94.6 Å². The minimum absolute atomic E-state index is 0.0541. The summed E-state index contributed by atoms with van der Waals surface area (Å²) in [4.78, 5) is 75.9. The van der Waals surface area contributed by atoms with Crippen LogP contribution < -0.4 is 36.2 Å². The Labute approximate surface area is 383 Å². The third-order valence-electron chi connectivity index (χ3n) is 12.4. The van der Waals surface area contributed by atoms with Gasteiger partial charge in [-0.05, 0) is 95.7 Å². The van der Waals surface area contributed by atoms with Crippen molar-refractivity contribution < 1.29 is 23.9 Å². The van der Waals surface area contributed by atoms with Gasteiger partial charge in [0, 0.05) is 92.7 Å². The molecule has 0 saturated carbocycles. The average molecular weight is 959 g/mol. The minimum Gasteiger partial charge on any atom is -0.495 e. The molecule has 3 unspecified atom stereocenters. The molecule has 4 amide bonds. The van der Waals surface area contributed by atoms with Crippen molar-refractivity contribution in [2.45, 2.75) is 37.5 Å². The number of carbonyl (C=O) groups excluding carboxylic acids is 4. The first-order chi connectivity index (χ1) is 31.4. The Bertz CT molecular complexity index is 2930. The number of hydrogen-bond donors (Lipinski definition) is 4. The lowest BCUT2D eigenvalue weighted by Gasteiger charge is -2.51. The second kappa shape index (κ2) is 17.2. The van der Waals surface area contributed by atoms with Crippen LogP contribution in [0.15, 0.2) is 77.9 Å². The van der Waals surface area contributed by atoms with E-state index in [1.54, 1.807) is 42.5 Å². The highest BCUT2D eigenvalue weighted by Gasteiger charge is 2.45. The smallest absolute Gasteiger partial charge is 0.262 e. The van der Waals surface area contributed by atoms with E-state index in [0.29, 0.717) is 34.2 Å². The van der Waals surface area contributed by atoms with E-state index in [1.807, 2.05) is 37.6 Å². The zero-order valence-electron chi connectivity index (χ0n) is 36.0. The molecule has 332 valence electrons. The molecule has 6 aromatic rings. The van der Waals surface area contributed by atoms with E-state index >= 15 is 0 Å². The number of anilines is 5. The van der Waals surface area contributed by atoms with Crippen molar-refractivity contribution in [1.82, 2.24) is 50.1 Å². The fraction of sp³-hybridized carbons (Fsp3) is 0.311. The number of rotatable bonds is 11. The van der Waals surface area contributed by atoms with Crippen LogP contribution in [0.3, 0.4) is 0 Å². The van der Waals surface area contributed by atoms with E-state index in [4.69, 9.17) is 9.72 Å². The van der Waals surface area contributed by atoms with Crippen LogP contribution >= 0.6 is 23.9 Å². The normalized spacial score (nSPS) is 20.0. The predicted octanol–water partition coefficient (Wildman–Crippen LogP) is 5.03. The molecule has 3 aromatic carbocycles. The number of imide groups is 2. The lowest BCUT2D eigenvalue weighted by molar-refractivity contribution is -0.136. The number of piperidine rings is 1. The maximum atomic E-state index is 13.7. The molecule has 3 saturated heterocycles. The summed E-state index contributed by atoms with van der Waals surface area (Å²) in [6.07, 6.45) is 10.1. The van der Waals surface area contributed by atoms with E-state index in [-0.39, 0.29) is 36.2 Å². The fourth-order valence-corrected chi connectivity index (χ4v) is 10.7. The Morgan fingerprint density at radius 3 is 2.48 bits per heavy atom. The quantitative estimate of drug-likeness (QED) is 0.0994. The summed E-state index contributed by atoms with van der Waals surface area (Å²) in [5, 5.41) is 18.6. The lowest BCUT2D eigenvalue weighted by atomic mass is 9.93. The van der Waals surface area contributed by atoms with E-state index in [1.165, 1.54) is 0 Å². The van der Waals surface area contributed by atoms with Crippen LogP contribution in [0.2, 0.25) is 0 Å². The van der Waals surface area contributed by atoms with Gasteiger partial charge in [-0.1, -0.05) is 7.92 Å². The first kappa shape index (κ1) is 42.5. The van der Waals surface area contributed by atoms with Crippen LogP contribution in [-0.2, 0) is 16.6 Å². The van der Waals surface area contributed by atoms with Crippen LogP contribution in [0.25, 0.3) is 22.2 Å². The van der Waals surface area contributed by atoms with Crippen LogP contribution in [0.5, 0.6) is 5.75 Å². The molecule has 10 rings (SSSR count). The zero-order chi connectivity index (χ0) is 45.1. The van der Waals surface area contributed by atoms with Gasteiger partial charge in [0.25, 0.3) is 11.8 Å². The minimum atomic E-state index is -1.01. The SMILES string of the molecule is COc1cc(C2CN(C3CCN3c3ccc4c(c3)C(=O)N(C3CCC(=O)NC3=O)C4=O)CCN2)c(-c2cnn(C)c2)cc1Nc1ncc(Br)c(Nc2ccc3nccnc3c2P(C)C)n1. The number of methoxy groups -OCH3 is 1. The Morgan fingerprint density at radius 2 is 1.72 bits per heavy atom. The van der Waals surface area contributed by atoms with Gasteiger partial charge in [0.05, 0.1) is 51.8 Å². The van der Waals surface area contributed by atoms with Crippen LogP contribution in [0.1, 0.15) is 51.6 Å².